The molecule has 2 rings (SSSR count). The fourth-order valence-electron chi connectivity index (χ4n) is 2.81. The summed E-state index contributed by atoms with van der Waals surface area (Å²) < 4.78 is 21.3. The van der Waals surface area contributed by atoms with Crippen molar-refractivity contribution in [2.75, 3.05) is 41.1 Å². The number of amides is 2. The monoisotopic (exact) mass is 378 g/mol. The van der Waals surface area contributed by atoms with E-state index in [1.54, 1.807) is 39.3 Å². The number of rotatable bonds is 8. The zero-order valence-electron chi connectivity index (χ0n) is 16.3. The maximum Gasteiger partial charge on any atom is 0.338 e. The van der Waals surface area contributed by atoms with Gasteiger partial charge in [0.2, 0.25) is 0 Å². The maximum absolute atomic E-state index is 12.8. The summed E-state index contributed by atoms with van der Waals surface area (Å²) in [5, 5.41) is 2.83. The van der Waals surface area contributed by atoms with E-state index in [9.17, 15) is 9.59 Å². The average molecular weight is 378 g/mol. The Labute approximate surface area is 159 Å². The van der Waals surface area contributed by atoms with Crippen molar-refractivity contribution in [3.63, 3.8) is 0 Å². The number of benzene rings is 1. The van der Waals surface area contributed by atoms with E-state index in [4.69, 9.17) is 18.9 Å². The highest BCUT2D eigenvalue weighted by Gasteiger charge is 2.36. The zero-order chi connectivity index (χ0) is 20.0. The van der Waals surface area contributed by atoms with Gasteiger partial charge in [-0.2, -0.15) is 0 Å². The van der Waals surface area contributed by atoms with Gasteiger partial charge in [-0.3, -0.25) is 0 Å². The minimum atomic E-state index is -0.724. The van der Waals surface area contributed by atoms with Gasteiger partial charge in [-0.05, 0) is 32.0 Å². The van der Waals surface area contributed by atoms with Crippen LogP contribution in [0, 0.1) is 0 Å². The van der Waals surface area contributed by atoms with Gasteiger partial charge >= 0.3 is 12.0 Å². The number of carbonyl (C=O) groups excluding carboxylic acids is 2. The summed E-state index contributed by atoms with van der Waals surface area (Å²) in [5.41, 5.74) is 1.45. The van der Waals surface area contributed by atoms with Gasteiger partial charge < -0.3 is 29.2 Å². The lowest BCUT2D eigenvalue weighted by molar-refractivity contribution is -0.141. The van der Waals surface area contributed by atoms with Gasteiger partial charge in [-0.25, -0.2) is 9.59 Å². The second kappa shape index (κ2) is 9.27. The second-order valence-electron chi connectivity index (χ2n) is 5.88. The SMILES string of the molecule is CCOCCOC(=O)C1=C(C)N(C)C(=O)NC1c1cc(OC)ccc1OC. The van der Waals surface area contributed by atoms with E-state index >= 15 is 0 Å². The van der Waals surface area contributed by atoms with Crippen LogP contribution >= 0.6 is 0 Å². The Morgan fingerprint density at radius 3 is 2.59 bits per heavy atom. The molecule has 0 radical (unpaired) electrons. The van der Waals surface area contributed by atoms with E-state index in [0.29, 0.717) is 41.5 Å². The highest BCUT2D eigenvalue weighted by atomic mass is 16.6. The van der Waals surface area contributed by atoms with Crippen LogP contribution in [0.5, 0.6) is 11.5 Å². The van der Waals surface area contributed by atoms with Crippen LogP contribution in [0.15, 0.2) is 29.5 Å². The van der Waals surface area contributed by atoms with E-state index < -0.39 is 12.0 Å². The molecule has 1 aliphatic heterocycles. The number of hydrogen-bond acceptors (Lipinski definition) is 6. The van der Waals surface area contributed by atoms with Gasteiger partial charge in [-0.15, -0.1) is 0 Å². The normalized spacial score (nSPS) is 16.9. The van der Waals surface area contributed by atoms with Crippen molar-refractivity contribution in [2.24, 2.45) is 0 Å². The van der Waals surface area contributed by atoms with Crippen molar-refractivity contribution in [3.05, 3.63) is 35.0 Å². The van der Waals surface area contributed by atoms with Crippen LogP contribution in [0.3, 0.4) is 0 Å². The molecule has 0 saturated heterocycles. The van der Waals surface area contributed by atoms with Gasteiger partial charge in [0.1, 0.15) is 18.1 Å². The quantitative estimate of drug-likeness (QED) is 0.552. The molecule has 0 saturated carbocycles. The van der Waals surface area contributed by atoms with Crippen LogP contribution in [0.2, 0.25) is 0 Å². The molecule has 0 aromatic heterocycles. The highest BCUT2D eigenvalue weighted by molar-refractivity contribution is 5.95. The minimum Gasteiger partial charge on any atom is -0.497 e. The van der Waals surface area contributed by atoms with E-state index in [2.05, 4.69) is 5.32 Å². The molecule has 1 aromatic rings. The lowest BCUT2D eigenvalue weighted by Gasteiger charge is -2.33. The molecule has 2 amide bonds. The van der Waals surface area contributed by atoms with Crippen LogP contribution < -0.4 is 14.8 Å². The number of esters is 1. The molecule has 8 heteroatoms. The highest BCUT2D eigenvalue weighted by Crippen LogP contribution is 2.37. The molecule has 1 unspecified atom stereocenters. The van der Waals surface area contributed by atoms with Crippen molar-refractivity contribution in [1.82, 2.24) is 10.2 Å². The number of ether oxygens (including phenoxy) is 4. The molecule has 8 nitrogen and oxygen atoms in total. The summed E-state index contributed by atoms with van der Waals surface area (Å²) in [6.07, 6.45) is 0. The van der Waals surface area contributed by atoms with Crippen molar-refractivity contribution in [3.8, 4) is 11.5 Å². The number of nitrogens with zero attached hydrogens (tertiary/aromatic N) is 1. The number of allylic oxidation sites excluding steroid dienone is 1. The molecule has 1 heterocycles. The summed E-state index contributed by atoms with van der Waals surface area (Å²) in [6, 6.07) is 4.16. The van der Waals surface area contributed by atoms with Crippen molar-refractivity contribution < 1.29 is 28.5 Å². The molecule has 0 bridgehead atoms. The van der Waals surface area contributed by atoms with Crippen LogP contribution in [-0.2, 0) is 14.3 Å². The third kappa shape index (κ3) is 4.51. The van der Waals surface area contributed by atoms with Gasteiger partial charge in [0, 0.05) is 24.9 Å². The number of methoxy groups -OCH3 is 2. The molecular weight excluding hydrogens is 352 g/mol. The van der Waals surface area contributed by atoms with Crippen molar-refractivity contribution in [2.45, 2.75) is 19.9 Å². The lowest BCUT2D eigenvalue weighted by Crippen LogP contribution is -2.46. The van der Waals surface area contributed by atoms with E-state index in [-0.39, 0.29) is 12.6 Å². The first-order valence-corrected chi connectivity index (χ1v) is 8.66. The van der Waals surface area contributed by atoms with E-state index in [1.165, 1.54) is 12.0 Å². The lowest BCUT2D eigenvalue weighted by atomic mass is 9.94. The molecule has 1 aromatic carbocycles. The van der Waals surface area contributed by atoms with Gasteiger partial charge in [0.25, 0.3) is 0 Å². The Kier molecular flexibility index (Phi) is 7.06. The van der Waals surface area contributed by atoms with Gasteiger partial charge in [0.15, 0.2) is 0 Å². The number of carbonyl (C=O) groups is 2. The summed E-state index contributed by atoms with van der Waals surface area (Å²) in [5.74, 6) is 0.590. The first kappa shape index (κ1) is 20.6. The van der Waals surface area contributed by atoms with Crippen LogP contribution in [0.4, 0.5) is 4.79 Å². The summed E-state index contributed by atoms with van der Waals surface area (Å²) in [7, 11) is 4.67. The van der Waals surface area contributed by atoms with Gasteiger partial charge in [0.05, 0.1) is 32.4 Å². The summed E-state index contributed by atoms with van der Waals surface area (Å²) in [4.78, 5) is 26.5. The van der Waals surface area contributed by atoms with Crippen molar-refractivity contribution in [1.29, 1.82) is 0 Å². The van der Waals surface area contributed by atoms with E-state index in [1.807, 2.05) is 6.92 Å². The fraction of sp³-hybridized carbons (Fsp3) is 0.474. The standard InChI is InChI=1S/C19H26N2O6/c1-6-26-9-10-27-18(22)16-12(2)21(3)19(23)20-17(16)14-11-13(24-4)7-8-15(14)25-5/h7-8,11,17H,6,9-10H2,1-5H3,(H,20,23). The molecule has 0 spiro atoms. The topological polar surface area (TPSA) is 86.3 Å². The third-order valence-electron chi connectivity index (χ3n) is 4.39. The predicted octanol–water partition coefficient (Wildman–Crippen LogP) is 2.25. The molecule has 148 valence electrons. The zero-order valence-corrected chi connectivity index (χ0v) is 16.3. The second-order valence-corrected chi connectivity index (χ2v) is 5.88. The molecule has 27 heavy (non-hydrogen) atoms. The number of hydrogen-bond donors (Lipinski definition) is 1. The first-order chi connectivity index (χ1) is 12.9. The van der Waals surface area contributed by atoms with Gasteiger partial charge in [-0.1, -0.05) is 0 Å². The van der Waals surface area contributed by atoms with Crippen LogP contribution in [-0.4, -0.2) is 58.0 Å². The molecule has 1 N–H and O–H groups in total. The smallest absolute Gasteiger partial charge is 0.338 e. The predicted molar refractivity (Wildman–Crippen MR) is 98.7 cm³/mol. The molecule has 0 aliphatic carbocycles. The van der Waals surface area contributed by atoms with Crippen LogP contribution in [0.25, 0.3) is 0 Å². The van der Waals surface area contributed by atoms with Crippen LogP contribution in [0.1, 0.15) is 25.5 Å². The van der Waals surface area contributed by atoms with Crippen molar-refractivity contribution >= 4 is 12.0 Å². The maximum atomic E-state index is 12.8. The fourth-order valence-corrected chi connectivity index (χ4v) is 2.81. The number of nitrogens with one attached hydrogen (secondary N) is 1. The Bertz CT molecular complexity index is 731. The Morgan fingerprint density at radius 2 is 1.96 bits per heavy atom. The number of urea groups is 1. The average Bonchev–Trinajstić information content (AvgIpc) is 2.68. The summed E-state index contributed by atoms with van der Waals surface area (Å²) in [6.45, 7) is 4.55. The molecule has 1 atom stereocenters. The third-order valence-corrected chi connectivity index (χ3v) is 4.39. The Morgan fingerprint density at radius 1 is 1.22 bits per heavy atom. The molecular formula is C19H26N2O6. The van der Waals surface area contributed by atoms with E-state index in [0.717, 1.165) is 0 Å². The summed E-state index contributed by atoms with van der Waals surface area (Å²) >= 11 is 0. The Balaban J connectivity index is 2.43. The first-order valence-electron chi connectivity index (χ1n) is 8.66. The minimum absolute atomic E-state index is 0.128. The Hall–Kier alpha value is -2.74. The molecule has 1 aliphatic rings. The molecule has 0 fully saturated rings. The largest absolute Gasteiger partial charge is 0.497 e.